The summed E-state index contributed by atoms with van der Waals surface area (Å²) in [6.45, 7) is 6.84. The van der Waals surface area contributed by atoms with Crippen LogP contribution in [0.25, 0.3) is 0 Å². The normalized spacial score (nSPS) is 12.6. The van der Waals surface area contributed by atoms with Gasteiger partial charge in [0.25, 0.3) is 0 Å². The van der Waals surface area contributed by atoms with Gasteiger partial charge in [0.2, 0.25) is 0 Å². The number of rotatable bonds is 8. The maximum atomic E-state index is 4.12. The highest BCUT2D eigenvalue weighted by atomic mass is 14.8. The lowest BCUT2D eigenvalue weighted by molar-refractivity contribution is 0.492. The number of hydrogen-bond acceptors (Lipinski definition) is 2. The van der Waals surface area contributed by atoms with Crippen LogP contribution in [0.15, 0.2) is 24.5 Å². The van der Waals surface area contributed by atoms with E-state index in [0.717, 1.165) is 25.4 Å². The van der Waals surface area contributed by atoms with Crippen LogP contribution in [-0.4, -0.2) is 18.1 Å². The predicted octanol–water partition coefficient (Wildman–Crippen LogP) is 3.04. The van der Waals surface area contributed by atoms with Gasteiger partial charge in [0.15, 0.2) is 0 Å². The average Bonchev–Trinajstić information content (AvgIpc) is 2.34. The van der Waals surface area contributed by atoms with E-state index in [0.29, 0.717) is 0 Å². The highest BCUT2D eigenvalue weighted by Gasteiger charge is 1.97. The third kappa shape index (κ3) is 5.86. The molecule has 0 aromatic carbocycles. The van der Waals surface area contributed by atoms with Gasteiger partial charge in [-0.15, -0.1) is 0 Å². The second-order valence-electron chi connectivity index (χ2n) is 4.54. The first-order valence-electron chi connectivity index (χ1n) is 6.42. The lowest BCUT2D eigenvalue weighted by atomic mass is 10.1. The number of nitrogens with zero attached hydrogens (tertiary/aromatic N) is 1. The van der Waals surface area contributed by atoms with Gasteiger partial charge in [-0.2, -0.15) is 0 Å². The summed E-state index contributed by atoms with van der Waals surface area (Å²) in [5, 5.41) is 3.51. The molecule has 0 saturated carbocycles. The molecule has 0 aliphatic rings. The maximum absolute atomic E-state index is 4.12. The van der Waals surface area contributed by atoms with Crippen LogP contribution in [0.2, 0.25) is 0 Å². The first-order chi connectivity index (χ1) is 7.83. The number of aryl methyl sites for hydroxylation is 1. The van der Waals surface area contributed by atoms with Gasteiger partial charge in [-0.1, -0.05) is 26.3 Å². The number of hydrogen-bond donors (Lipinski definition) is 1. The number of aromatic nitrogens is 1. The van der Waals surface area contributed by atoms with Gasteiger partial charge < -0.3 is 5.32 Å². The summed E-state index contributed by atoms with van der Waals surface area (Å²) in [6, 6.07) is 4.16. The zero-order chi connectivity index (χ0) is 11.6. The molecule has 0 fully saturated rings. The molecule has 2 heteroatoms. The highest BCUT2D eigenvalue weighted by molar-refractivity contribution is 5.08. The number of unbranched alkanes of at least 4 members (excludes halogenated alkanes) is 1. The maximum Gasteiger partial charge on any atom is 0.0299 e. The fraction of sp³-hybridized carbons (Fsp3) is 0.643. The van der Waals surface area contributed by atoms with Crippen LogP contribution < -0.4 is 5.32 Å². The van der Waals surface area contributed by atoms with E-state index in [1.165, 1.54) is 24.8 Å². The summed E-state index contributed by atoms with van der Waals surface area (Å²) in [7, 11) is 0. The van der Waals surface area contributed by atoms with Crippen molar-refractivity contribution in [1.29, 1.82) is 0 Å². The van der Waals surface area contributed by atoms with Crippen molar-refractivity contribution in [2.45, 2.75) is 39.5 Å². The number of pyridine rings is 1. The molecule has 16 heavy (non-hydrogen) atoms. The van der Waals surface area contributed by atoms with E-state index in [1.807, 2.05) is 18.5 Å². The molecule has 1 atom stereocenters. The average molecular weight is 220 g/mol. The second kappa shape index (κ2) is 8.28. The fourth-order valence-electron chi connectivity index (χ4n) is 1.62. The van der Waals surface area contributed by atoms with Crippen molar-refractivity contribution in [2.75, 3.05) is 13.1 Å². The van der Waals surface area contributed by atoms with Crippen LogP contribution in [0.4, 0.5) is 0 Å². The second-order valence-corrected chi connectivity index (χ2v) is 4.54. The third-order valence-corrected chi connectivity index (χ3v) is 2.98. The topological polar surface area (TPSA) is 24.9 Å². The van der Waals surface area contributed by atoms with E-state index in [2.05, 4.69) is 30.2 Å². The van der Waals surface area contributed by atoms with Crippen LogP contribution >= 0.6 is 0 Å². The van der Waals surface area contributed by atoms with Gasteiger partial charge in [-0.3, -0.25) is 4.98 Å². The molecule has 0 radical (unpaired) electrons. The highest BCUT2D eigenvalue weighted by Crippen LogP contribution is 2.02. The molecule has 1 heterocycles. The van der Waals surface area contributed by atoms with E-state index < -0.39 is 0 Å². The lowest BCUT2D eigenvalue weighted by Crippen LogP contribution is -2.21. The zero-order valence-corrected chi connectivity index (χ0v) is 10.6. The van der Waals surface area contributed by atoms with Gasteiger partial charge in [0.1, 0.15) is 0 Å². The number of nitrogens with one attached hydrogen (secondary N) is 1. The van der Waals surface area contributed by atoms with E-state index in [9.17, 15) is 0 Å². The van der Waals surface area contributed by atoms with Crippen molar-refractivity contribution in [3.05, 3.63) is 30.1 Å². The smallest absolute Gasteiger partial charge is 0.0299 e. The van der Waals surface area contributed by atoms with Crippen molar-refractivity contribution in [3.63, 3.8) is 0 Å². The molecule has 1 aromatic heterocycles. The molecule has 0 saturated heterocycles. The summed E-state index contributed by atoms with van der Waals surface area (Å²) in [4.78, 5) is 4.12. The lowest BCUT2D eigenvalue weighted by Gasteiger charge is -2.09. The summed E-state index contributed by atoms with van der Waals surface area (Å²) < 4.78 is 0. The standard InChI is InChI=1S/C14H24N2/c1-3-13(2)11-15-9-5-4-7-14-8-6-10-16-12-14/h6,8,10,12-13,15H,3-5,7,9,11H2,1-2H3/t13-/m1/s1. The predicted molar refractivity (Wildman–Crippen MR) is 69.5 cm³/mol. The molecule has 0 amide bonds. The largest absolute Gasteiger partial charge is 0.316 e. The Morgan fingerprint density at radius 3 is 2.94 bits per heavy atom. The molecular formula is C14H24N2. The molecule has 0 bridgehead atoms. The minimum absolute atomic E-state index is 0.804. The Balaban J connectivity index is 1.96. The van der Waals surface area contributed by atoms with Crippen LogP contribution in [0.3, 0.4) is 0 Å². The quantitative estimate of drug-likeness (QED) is 0.681. The minimum Gasteiger partial charge on any atom is -0.316 e. The Hall–Kier alpha value is -0.890. The van der Waals surface area contributed by atoms with E-state index in [1.54, 1.807) is 0 Å². The van der Waals surface area contributed by atoms with E-state index >= 15 is 0 Å². The Kier molecular flexibility index (Phi) is 6.82. The monoisotopic (exact) mass is 220 g/mol. The third-order valence-electron chi connectivity index (χ3n) is 2.98. The van der Waals surface area contributed by atoms with Crippen molar-refractivity contribution >= 4 is 0 Å². The molecule has 1 N–H and O–H groups in total. The molecule has 0 aliphatic carbocycles. The molecule has 1 aromatic rings. The first kappa shape index (κ1) is 13.2. The van der Waals surface area contributed by atoms with E-state index in [-0.39, 0.29) is 0 Å². The zero-order valence-electron chi connectivity index (χ0n) is 10.6. The van der Waals surface area contributed by atoms with Crippen LogP contribution in [0.5, 0.6) is 0 Å². The Bertz CT molecular complexity index is 259. The summed E-state index contributed by atoms with van der Waals surface area (Å²) in [5.74, 6) is 0.804. The molecule has 90 valence electrons. The van der Waals surface area contributed by atoms with Gasteiger partial charge in [-0.05, 0) is 49.9 Å². The summed E-state index contributed by atoms with van der Waals surface area (Å²) in [6.07, 6.45) is 8.72. The summed E-state index contributed by atoms with van der Waals surface area (Å²) in [5.41, 5.74) is 1.35. The first-order valence-corrected chi connectivity index (χ1v) is 6.42. The Morgan fingerprint density at radius 2 is 2.25 bits per heavy atom. The van der Waals surface area contributed by atoms with Gasteiger partial charge in [0.05, 0.1) is 0 Å². The van der Waals surface area contributed by atoms with Gasteiger partial charge in [-0.25, -0.2) is 0 Å². The van der Waals surface area contributed by atoms with Crippen molar-refractivity contribution in [3.8, 4) is 0 Å². The Labute approximate surface area is 99.5 Å². The molecule has 2 nitrogen and oxygen atoms in total. The van der Waals surface area contributed by atoms with Crippen LogP contribution in [-0.2, 0) is 6.42 Å². The SMILES string of the molecule is CC[C@@H](C)CNCCCCc1cccnc1. The Morgan fingerprint density at radius 1 is 1.38 bits per heavy atom. The minimum atomic E-state index is 0.804. The van der Waals surface area contributed by atoms with Gasteiger partial charge >= 0.3 is 0 Å². The molecular weight excluding hydrogens is 196 g/mol. The van der Waals surface area contributed by atoms with Gasteiger partial charge in [0, 0.05) is 12.4 Å². The van der Waals surface area contributed by atoms with Crippen molar-refractivity contribution in [2.24, 2.45) is 5.92 Å². The van der Waals surface area contributed by atoms with E-state index in [4.69, 9.17) is 0 Å². The fourth-order valence-corrected chi connectivity index (χ4v) is 1.62. The molecule has 0 unspecified atom stereocenters. The van der Waals surface area contributed by atoms with Crippen molar-refractivity contribution in [1.82, 2.24) is 10.3 Å². The summed E-state index contributed by atoms with van der Waals surface area (Å²) >= 11 is 0. The van der Waals surface area contributed by atoms with Crippen LogP contribution in [0, 0.1) is 5.92 Å². The van der Waals surface area contributed by atoms with Crippen molar-refractivity contribution < 1.29 is 0 Å². The molecule has 0 spiro atoms. The van der Waals surface area contributed by atoms with Crippen LogP contribution in [0.1, 0.15) is 38.7 Å². The molecule has 0 aliphatic heterocycles. The molecule has 1 rings (SSSR count).